The fraction of sp³-hybridized carbons (Fsp3) is 0.294. The molecule has 0 saturated heterocycles. The number of aromatic hydroxyl groups is 1. The highest BCUT2D eigenvalue weighted by molar-refractivity contribution is 6.41. The van der Waals surface area contributed by atoms with Gasteiger partial charge in [0.05, 0.1) is 11.1 Å². The molecule has 146 valence electrons. The van der Waals surface area contributed by atoms with E-state index in [-0.39, 0.29) is 41.3 Å². The molecule has 8 nitrogen and oxygen atoms in total. The van der Waals surface area contributed by atoms with Crippen molar-refractivity contribution in [3.63, 3.8) is 0 Å². The van der Waals surface area contributed by atoms with Gasteiger partial charge in [0.2, 0.25) is 0 Å². The van der Waals surface area contributed by atoms with E-state index in [1.807, 2.05) is 0 Å². The summed E-state index contributed by atoms with van der Waals surface area (Å²) in [5.41, 5.74) is 0.253. The number of aromatic nitrogens is 1. The van der Waals surface area contributed by atoms with Gasteiger partial charge in [-0.05, 0) is 30.3 Å². The Kier molecular flexibility index (Phi) is 7.35. The molecule has 0 saturated carbocycles. The second-order valence-corrected chi connectivity index (χ2v) is 6.44. The highest BCUT2D eigenvalue weighted by Gasteiger charge is 2.16. The van der Waals surface area contributed by atoms with Crippen LogP contribution in [0.2, 0.25) is 10.2 Å². The second kappa shape index (κ2) is 9.50. The van der Waals surface area contributed by atoms with E-state index in [1.54, 1.807) is 7.05 Å². The average Bonchev–Trinajstić information content (AvgIpc) is 2.91. The first-order chi connectivity index (χ1) is 12.8. The molecule has 2 aromatic rings. The Balaban J connectivity index is 1.69. The first-order valence-electron chi connectivity index (χ1n) is 7.93. The van der Waals surface area contributed by atoms with E-state index in [9.17, 15) is 14.7 Å². The van der Waals surface area contributed by atoms with Gasteiger partial charge >= 0.3 is 0 Å². The Morgan fingerprint density at radius 2 is 1.81 bits per heavy atom. The molecule has 10 heteroatoms. The number of rotatable bonds is 8. The minimum Gasteiger partial charge on any atom is -0.508 e. The zero-order valence-electron chi connectivity index (χ0n) is 14.4. The summed E-state index contributed by atoms with van der Waals surface area (Å²) >= 11 is 11.8. The van der Waals surface area contributed by atoms with Crippen LogP contribution in [0.25, 0.3) is 0 Å². The number of aliphatic hydroxyl groups excluding tert-OH is 1. The number of ether oxygens (including phenoxy) is 1. The van der Waals surface area contributed by atoms with Crippen molar-refractivity contribution in [1.82, 2.24) is 15.2 Å². The van der Waals surface area contributed by atoms with E-state index in [1.165, 1.54) is 34.9 Å². The van der Waals surface area contributed by atoms with Crippen molar-refractivity contribution >= 4 is 35.0 Å². The molecule has 0 aliphatic heterocycles. The predicted molar refractivity (Wildman–Crippen MR) is 100 cm³/mol. The number of nitrogens with zero attached hydrogens (tertiary/aromatic N) is 1. The third kappa shape index (κ3) is 6.06. The Bertz CT molecular complexity index is 808. The van der Waals surface area contributed by atoms with Crippen molar-refractivity contribution in [2.24, 2.45) is 7.05 Å². The molecule has 0 aliphatic carbocycles. The molecule has 0 aliphatic rings. The van der Waals surface area contributed by atoms with E-state index in [0.717, 1.165) is 0 Å². The monoisotopic (exact) mass is 415 g/mol. The van der Waals surface area contributed by atoms with Gasteiger partial charge in [-0.15, -0.1) is 0 Å². The van der Waals surface area contributed by atoms with Gasteiger partial charge in [-0.25, -0.2) is 0 Å². The molecule has 0 spiro atoms. The summed E-state index contributed by atoms with van der Waals surface area (Å²) < 4.78 is 6.66. The second-order valence-electron chi connectivity index (χ2n) is 5.68. The third-order valence-corrected chi connectivity index (χ3v) is 4.43. The number of benzene rings is 1. The minimum atomic E-state index is -0.988. The van der Waals surface area contributed by atoms with Gasteiger partial charge in [-0.2, -0.15) is 0 Å². The van der Waals surface area contributed by atoms with Gasteiger partial charge in [0, 0.05) is 20.1 Å². The Morgan fingerprint density at radius 3 is 2.41 bits per heavy atom. The normalized spacial score (nSPS) is 11.7. The molecular weight excluding hydrogens is 397 g/mol. The van der Waals surface area contributed by atoms with Crippen LogP contribution in [-0.4, -0.2) is 52.4 Å². The quantitative estimate of drug-likeness (QED) is 0.519. The highest BCUT2D eigenvalue weighted by atomic mass is 35.5. The van der Waals surface area contributed by atoms with Gasteiger partial charge < -0.3 is 30.2 Å². The van der Waals surface area contributed by atoms with Crippen LogP contribution in [0, 0.1) is 0 Å². The summed E-state index contributed by atoms with van der Waals surface area (Å²) in [7, 11) is 1.59. The zero-order chi connectivity index (χ0) is 20.0. The molecule has 1 heterocycles. The van der Waals surface area contributed by atoms with Gasteiger partial charge in [0.15, 0.2) is 6.61 Å². The third-order valence-electron chi connectivity index (χ3n) is 3.59. The van der Waals surface area contributed by atoms with Crippen molar-refractivity contribution in [1.29, 1.82) is 0 Å². The lowest BCUT2D eigenvalue weighted by Crippen LogP contribution is -2.41. The van der Waals surface area contributed by atoms with Crippen LogP contribution in [-0.2, 0) is 11.8 Å². The molecule has 4 N–H and O–H groups in total. The molecular formula is C17H19Cl2N3O5. The standard InChI is InChI=1S/C17H19Cl2N3O5/c1-22-14(6-13(18)16(22)19)17(26)21-8-11(24)7-20-15(25)9-27-12-4-2-10(23)3-5-12/h2-6,11,23-24H,7-9H2,1H3,(H,20,25)(H,21,26). The number of carbonyl (C=O) groups excluding carboxylic acids is 2. The molecule has 0 radical (unpaired) electrons. The van der Waals surface area contributed by atoms with Crippen LogP contribution < -0.4 is 15.4 Å². The van der Waals surface area contributed by atoms with Crippen LogP contribution in [0.3, 0.4) is 0 Å². The first kappa shape index (κ1) is 20.9. The average molecular weight is 416 g/mol. The zero-order valence-corrected chi connectivity index (χ0v) is 15.9. The minimum absolute atomic E-state index is 0.0628. The highest BCUT2D eigenvalue weighted by Crippen LogP contribution is 2.24. The molecule has 2 rings (SSSR count). The summed E-state index contributed by atoms with van der Waals surface area (Å²) in [4.78, 5) is 23.8. The lowest BCUT2D eigenvalue weighted by atomic mass is 10.3. The van der Waals surface area contributed by atoms with E-state index >= 15 is 0 Å². The number of phenolic OH excluding ortho intramolecular Hbond substituents is 1. The number of amides is 2. The van der Waals surface area contributed by atoms with Crippen molar-refractivity contribution < 1.29 is 24.5 Å². The summed E-state index contributed by atoms with van der Waals surface area (Å²) in [6.45, 7) is -0.380. The number of nitrogens with one attached hydrogen (secondary N) is 2. The van der Waals surface area contributed by atoms with Crippen LogP contribution in [0.15, 0.2) is 30.3 Å². The smallest absolute Gasteiger partial charge is 0.268 e. The predicted octanol–water partition coefficient (Wildman–Crippen LogP) is 1.32. The maximum atomic E-state index is 12.1. The van der Waals surface area contributed by atoms with Crippen molar-refractivity contribution in [2.45, 2.75) is 6.10 Å². The summed E-state index contributed by atoms with van der Waals surface area (Å²) in [5, 5.41) is 24.6. The van der Waals surface area contributed by atoms with E-state index in [2.05, 4.69) is 10.6 Å². The number of hydrogen-bond acceptors (Lipinski definition) is 5. The van der Waals surface area contributed by atoms with Crippen LogP contribution in [0.5, 0.6) is 11.5 Å². The van der Waals surface area contributed by atoms with E-state index < -0.39 is 17.9 Å². The van der Waals surface area contributed by atoms with Gasteiger partial charge in [0.1, 0.15) is 22.3 Å². The molecule has 1 atom stereocenters. The molecule has 1 aromatic heterocycles. The summed E-state index contributed by atoms with van der Waals surface area (Å²) in [5.74, 6) is -0.366. The Hall–Kier alpha value is -2.42. The summed E-state index contributed by atoms with van der Waals surface area (Å²) in [6, 6.07) is 7.34. The Morgan fingerprint density at radius 1 is 1.19 bits per heavy atom. The van der Waals surface area contributed by atoms with Crippen molar-refractivity contribution in [3.05, 3.63) is 46.2 Å². The maximum absolute atomic E-state index is 12.1. The molecule has 27 heavy (non-hydrogen) atoms. The lowest BCUT2D eigenvalue weighted by Gasteiger charge is -2.13. The van der Waals surface area contributed by atoms with Gasteiger partial charge in [-0.1, -0.05) is 23.2 Å². The number of aliphatic hydroxyl groups is 1. The fourth-order valence-electron chi connectivity index (χ4n) is 2.11. The SMILES string of the molecule is Cn1c(C(=O)NCC(O)CNC(=O)COc2ccc(O)cc2)cc(Cl)c1Cl. The number of carbonyl (C=O) groups is 2. The lowest BCUT2D eigenvalue weighted by molar-refractivity contribution is -0.123. The molecule has 1 unspecified atom stereocenters. The van der Waals surface area contributed by atoms with Crippen molar-refractivity contribution in [2.75, 3.05) is 19.7 Å². The summed E-state index contributed by atoms with van der Waals surface area (Å²) in [6.07, 6.45) is -0.988. The Labute approximate surface area is 165 Å². The molecule has 1 aromatic carbocycles. The molecule has 0 fully saturated rings. The first-order valence-corrected chi connectivity index (χ1v) is 8.69. The number of phenols is 1. The van der Waals surface area contributed by atoms with Crippen molar-refractivity contribution in [3.8, 4) is 11.5 Å². The maximum Gasteiger partial charge on any atom is 0.268 e. The van der Waals surface area contributed by atoms with Crippen LogP contribution >= 0.6 is 23.2 Å². The molecule has 2 amide bonds. The van der Waals surface area contributed by atoms with E-state index in [4.69, 9.17) is 33.0 Å². The van der Waals surface area contributed by atoms with Crippen LogP contribution in [0.1, 0.15) is 10.5 Å². The topological polar surface area (TPSA) is 113 Å². The molecule has 0 bridgehead atoms. The van der Waals surface area contributed by atoms with Crippen LogP contribution in [0.4, 0.5) is 0 Å². The van der Waals surface area contributed by atoms with E-state index in [0.29, 0.717) is 5.75 Å². The van der Waals surface area contributed by atoms with Gasteiger partial charge in [-0.3, -0.25) is 9.59 Å². The largest absolute Gasteiger partial charge is 0.508 e. The number of halogens is 2. The fourth-order valence-corrected chi connectivity index (χ4v) is 2.48. The number of hydrogen-bond donors (Lipinski definition) is 4. The van der Waals surface area contributed by atoms with Gasteiger partial charge in [0.25, 0.3) is 11.8 Å².